The molecule has 3 saturated heterocycles. The molecule has 1 spiro atoms. The molecule has 5 heterocycles. The van der Waals surface area contributed by atoms with Crippen molar-refractivity contribution in [2.45, 2.75) is 81.9 Å². The van der Waals surface area contributed by atoms with E-state index in [1.807, 2.05) is 12.1 Å². The molecule has 4 fully saturated rings. The highest BCUT2D eigenvalue weighted by molar-refractivity contribution is 7.90. The summed E-state index contributed by atoms with van der Waals surface area (Å²) in [5.74, 6) is -1.61. The van der Waals surface area contributed by atoms with E-state index in [9.17, 15) is 28.1 Å². The van der Waals surface area contributed by atoms with Crippen LogP contribution in [0.5, 0.6) is 11.5 Å². The van der Waals surface area contributed by atoms with Crippen molar-refractivity contribution in [3.63, 3.8) is 0 Å². The van der Waals surface area contributed by atoms with Gasteiger partial charge in [-0.3, -0.25) is 33.8 Å². The normalized spacial score (nSPS) is 21.8. The van der Waals surface area contributed by atoms with Crippen LogP contribution in [0.15, 0.2) is 53.6 Å². The van der Waals surface area contributed by atoms with Crippen LogP contribution < -0.4 is 25.2 Å². The number of benzene rings is 3. The molecule has 3 aliphatic heterocycles. The Morgan fingerprint density at radius 1 is 1.02 bits per heavy atom. The number of carbonyl (C=O) groups excluding carboxylic acids is 2. The van der Waals surface area contributed by atoms with Crippen molar-refractivity contribution in [1.82, 2.24) is 33.9 Å². The molecule has 336 valence electrons. The number of piperidine rings is 1. The summed E-state index contributed by atoms with van der Waals surface area (Å²) in [6.07, 6.45) is 7.40. The third-order valence-electron chi connectivity index (χ3n) is 13.5. The predicted molar refractivity (Wildman–Crippen MR) is 232 cm³/mol. The first-order chi connectivity index (χ1) is 30.7. The Morgan fingerprint density at radius 2 is 1.78 bits per heavy atom. The molecular formula is C44H48F2N10O7S. The number of aromatic nitrogens is 4. The van der Waals surface area contributed by atoms with Gasteiger partial charge in [0.15, 0.2) is 17.4 Å². The second kappa shape index (κ2) is 16.8. The number of hydrogen-bond donors (Lipinski definition) is 2. The van der Waals surface area contributed by atoms with Gasteiger partial charge < -0.3 is 14.4 Å². The van der Waals surface area contributed by atoms with Crippen molar-refractivity contribution >= 4 is 55.5 Å². The van der Waals surface area contributed by atoms with Gasteiger partial charge in [-0.05, 0) is 98.9 Å². The number of aryl methyl sites for hydroxylation is 1. The van der Waals surface area contributed by atoms with Crippen LogP contribution in [0.25, 0.3) is 21.8 Å². The lowest BCUT2D eigenvalue weighted by molar-refractivity contribution is -0.120. The highest BCUT2D eigenvalue weighted by Crippen LogP contribution is 2.44. The van der Waals surface area contributed by atoms with Gasteiger partial charge in [-0.1, -0.05) is 6.92 Å². The Labute approximate surface area is 367 Å². The number of nitrogens with zero attached hydrogens (tertiary/aromatic N) is 8. The van der Waals surface area contributed by atoms with Crippen LogP contribution >= 0.6 is 0 Å². The average molecular weight is 899 g/mol. The van der Waals surface area contributed by atoms with Crippen LogP contribution in [0, 0.1) is 23.0 Å². The first-order valence-electron chi connectivity index (χ1n) is 21.5. The van der Waals surface area contributed by atoms with Gasteiger partial charge in [0.2, 0.25) is 5.91 Å². The lowest BCUT2D eigenvalue weighted by Gasteiger charge is -2.44. The fourth-order valence-corrected chi connectivity index (χ4v) is 10.7. The minimum atomic E-state index is -4.02. The number of urea groups is 1. The summed E-state index contributed by atoms with van der Waals surface area (Å²) in [5, 5.41) is 17.5. The smallest absolute Gasteiger partial charge is 0.329 e. The summed E-state index contributed by atoms with van der Waals surface area (Å²) in [4.78, 5) is 46.7. The fraction of sp³-hybridized carbons (Fsp3) is 0.455. The Balaban J connectivity index is 0.834. The van der Waals surface area contributed by atoms with Crippen LogP contribution in [0.4, 0.5) is 25.1 Å². The third-order valence-corrected chi connectivity index (χ3v) is 15.1. The minimum absolute atomic E-state index is 0.0464. The molecule has 4 aliphatic rings. The van der Waals surface area contributed by atoms with Crippen molar-refractivity contribution in [2.24, 2.45) is 7.05 Å². The molecule has 17 nitrogen and oxygen atoms in total. The fourth-order valence-electron chi connectivity index (χ4n) is 9.75. The van der Waals surface area contributed by atoms with E-state index in [2.05, 4.69) is 25.0 Å². The zero-order valence-corrected chi connectivity index (χ0v) is 36.5. The number of halogens is 2. The van der Waals surface area contributed by atoms with Gasteiger partial charge in [-0.2, -0.15) is 23.1 Å². The van der Waals surface area contributed by atoms with Gasteiger partial charge in [-0.15, -0.1) is 0 Å². The number of anilines is 2. The first-order valence-corrected chi connectivity index (χ1v) is 22.9. The van der Waals surface area contributed by atoms with E-state index >= 15 is 8.78 Å². The summed E-state index contributed by atoms with van der Waals surface area (Å²) in [5.41, 5.74) is 0.534. The highest BCUT2D eigenvalue weighted by Gasteiger charge is 2.45. The maximum atomic E-state index is 15.8. The van der Waals surface area contributed by atoms with E-state index in [-0.39, 0.29) is 71.1 Å². The summed E-state index contributed by atoms with van der Waals surface area (Å²) < 4.78 is 75.2. The molecule has 2 aromatic heterocycles. The monoisotopic (exact) mass is 898 g/mol. The Hall–Kier alpha value is -6.01. The Bertz CT molecular complexity index is 2900. The Kier molecular flexibility index (Phi) is 11.4. The number of imide groups is 1. The van der Waals surface area contributed by atoms with Crippen molar-refractivity contribution < 1.29 is 36.3 Å². The zero-order chi connectivity index (χ0) is 45.1. The van der Waals surface area contributed by atoms with E-state index in [0.717, 1.165) is 73.6 Å². The molecular weight excluding hydrogens is 851 g/mol. The summed E-state index contributed by atoms with van der Waals surface area (Å²) >= 11 is 0. The number of ether oxygens (including phenoxy) is 2. The lowest BCUT2D eigenvalue weighted by atomic mass is 9.79. The zero-order valence-electron chi connectivity index (χ0n) is 35.6. The molecule has 0 bridgehead atoms. The van der Waals surface area contributed by atoms with Gasteiger partial charge in [0.05, 0.1) is 46.7 Å². The summed E-state index contributed by atoms with van der Waals surface area (Å²) in [6.45, 7) is 3.99. The van der Waals surface area contributed by atoms with E-state index < -0.39 is 33.4 Å². The Morgan fingerprint density at radius 3 is 2.50 bits per heavy atom. The van der Waals surface area contributed by atoms with Crippen molar-refractivity contribution in [3.05, 3.63) is 81.9 Å². The van der Waals surface area contributed by atoms with Crippen LogP contribution in [0.3, 0.4) is 0 Å². The number of carbonyl (C=O) groups is 2. The third kappa shape index (κ3) is 7.94. The van der Waals surface area contributed by atoms with E-state index in [1.54, 1.807) is 29.3 Å². The second-order valence-corrected chi connectivity index (χ2v) is 18.9. The van der Waals surface area contributed by atoms with Crippen molar-refractivity contribution in [1.29, 1.82) is 5.26 Å². The predicted octanol–water partition coefficient (Wildman–Crippen LogP) is 5.80. The molecule has 20 heteroatoms. The van der Waals surface area contributed by atoms with E-state index in [1.165, 1.54) is 36.5 Å². The maximum absolute atomic E-state index is 15.8. The number of hydrogen-bond acceptors (Lipinski definition) is 11. The molecule has 1 aliphatic carbocycles. The molecule has 0 radical (unpaired) electrons. The van der Waals surface area contributed by atoms with Gasteiger partial charge in [-0.25, -0.2) is 18.6 Å². The SMILES string of the molecule is CCN(C)S(=O)(=O)Nc1ccc(F)c(Oc2ccc3ncn([C@H]4COC5(CCN(C6CCC(c7cc8c(cc7F)c(N7CCC(=O)NC7=O)nn8C)CC6)CC5)C4)c(=O)c3c2)c1C#N. The number of amides is 3. The minimum Gasteiger partial charge on any atom is -0.453 e. The molecule has 1 saturated carbocycles. The van der Waals surface area contributed by atoms with E-state index in [4.69, 9.17) is 9.47 Å². The quantitative estimate of drug-likeness (QED) is 0.172. The lowest BCUT2D eigenvalue weighted by Crippen LogP contribution is -2.49. The van der Waals surface area contributed by atoms with Gasteiger partial charge in [0.1, 0.15) is 23.2 Å². The van der Waals surface area contributed by atoms with Crippen LogP contribution in [-0.2, 0) is 26.8 Å². The molecule has 0 unspecified atom stereocenters. The number of rotatable bonds is 10. The van der Waals surface area contributed by atoms with E-state index in [0.29, 0.717) is 41.4 Å². The largest absolute Gasteiger partial charge is 0.453 e. The molecule has 5 aromatic rings. The summed E-state index contributed by atoms with van der Waals surface area (Å²) in [7, 11) is -0.892. The number of nitriles is 1. The van der Waals surface area contributed by atoms with Gasteiger partial charge in [0.25, 0.3) is 5.56 Å². The summed E-state index contributed by atoms with van der Waals surface area (Å²) in [6, 6.07) is 11.3. The molecule has 64 heavy (non-hydrogen) atoms. The van der Waals surface area contributed by atoms with Crippen LogP contribution in [0.1, 0.15) is 81.4 Å². The number of likely N-dealkylation sites (tertiary alicyclic amines) is 1. The topological polar surface area (TPSA) is 197 Å². The molecule has 2 N–H and O–H groups in total. The molecule has 3 aromatic carbocycles. The van der Waals surface area contributed by atoms with Crippen LogP contribution in [0.2, 0.25) is 0 Å². The number of nitrogens with one attached hydrogen (secondary N) is 2. The molecule has 3 amide bonds. The van der Waals surface area contributed by atoms with Gasteiger partial charge in [0, 0.05) is 58.1 Å². The number of fused-ring (bicyclic) bond motifs is 2. The highest BCUT2D eigenvalue weighted by atomic mass is 32.2. The second-order valence-electron chi connectivity index (χ2n) is 17.2. The molecule has 1 atom stereocenters. The van der Waals surface area contributed by atoms with Crippen LogP contribution in [-0.4, -0.2) is 100 Å². The first kappa shape index (κ1) is 43.3. The average Bonchev–Trinajstić information content (AvgIpc) is 3.84. The van der Waals surface area contributed by atoms with Gasteiger partial charge >= 0.3 is 16.2 Å². The van der Waals surface area contributed by atoms with Crippen molar-refractivity contribution in [3.8, 4) is 17.6 Å². The molecule has 9 rings (SSSR count). The standard InChI is InChI=1S/C44H48F2N10O7S/c1-4-52(2)64(60,61)51-37-12-10-34(45)40(33(37)23-47)63-29-9-11-36-31(19-29)42(58)56(25-48-36)28-22-44(62-24-28)14-17-54(18-15-44)27-7-5-26(6-8-27)30-21-38-32(20-35(30)46)41(50-53(38)3)55-16-13-39(57)49-43(55)59/h9-12,19-21,25-28,51H,4-8,13-18,22,24H2,1-3H3,(H,49,57,59)/t26?,27?,28-/m1/s1. The maximum Gasteiger partial charge on any atom is 0.329 e. The van der Waals surface area contributed by atoms with Crippen molar-refractivity contribution in [2.75, 3.05) is 49.5 Å².